The highest BCUT2D eigenvalue weighted by molar-refractivity contribution is 7.92. The smallest absolute Gasteiger partial charge is 0.312 e. The fourth-order valence-electron chi connectivity index (χ4n) is 3.35. The molecule has 2 aromatic carbocycles. The van der Waals surface area contributed by atoms with Gasteiger partial charge in [0.05, 0.1) is 10.1 Å². The second kappa shape index (κ2) is 5.68. The lowest BCUT2D eigenvalue weighted by molar-refractivity contribution is -0.143. The zero-order valence-corrected chi connectivity index (χ0v) is 13.4. The van der Waals surface area contributed by atoms with E-state index in [4.69, 9.17) is 5.73 Å². The highest BCUT2D eigenvalue weighted by Gasteiger charge is 2.75. The van der Waals surface area contributed by atoms with Gasteiger partial charge in [-0.05, 0) is 29.8 Å². The quantitative estimate of drug-likeness (QED) is 0.858. The van der Waals surface area contributed by atoms with Crippen molar-refractivity contribution >= 4 is 15.8 Å². The van der Waals surface area contributed by atoms with Crippen molar-refractivity contribution < 1.29 is 22.7 Å². The average molecular weight is 349 g/mol. The van der Waals surface area contributed by atoms with E-state index in [1.165, 1.54) is 36.4 Å². The molecule has 0 aromatic heterocycles. The third-order valence-corrected chi connectivity index (χ3v) is 6.92. The van der Waals surface area contributed by atoms with Crippen molar-refractivity contribution in [3.05, 3.63) is 66.0 Å². The standard InChI is InChI=1S/C17H16FNO4S/c18-12-8-6-11(7-9-12)14-15(17(14,10-19)16(20)21)24(22,23)13-4-2-1-3-5-13/h1-9,14-15H,10,19H2,(H,20,21)/t14-,15+,17-/m1/s1. The summed E-state index contributed by atoms with van der Waals surface area (Å²) >= 11 is 0. The maximum Gasteiger partial charge on any atom is 0.312 e. The molecule has 0 bridgehead atoms. The number of sulfone groups is 1. The minimum absolute atomic E-state index is 0.0543. The number of rotatable bonds is 5. The van der Waals surface area contributed by atoms with Gasteiger partial charge in [-0.2, -0.15) is 0 Å². The van der Waals surface area contributed by atoms with Crippen LogP contribution >= 0.6 is 0 Å². The molecule has 24 heavy (non-hydrogen) atoms. The Balaban J connectivity index is 2.11. The summed E-state index contributed by atoms with van der Waals surface area (Å²) in [6, 6.07) is 12.9. The molecule has 0 saturated heterocycles. The number of nitrogens with two attached hydrogens (primary N) is 1. The van der Waals surface area contributed by atoms with E-state index in [2.05, 4.69) is 0 Å². The summed E-state index contributed by atoms with van der Waals surface area (Å²) in [6.07, 6.45) is 0. The van der Waals surface area contributed by atoms with Crippen LogP contribution in [0, 0.1) is 11.2 Å². The molecule has 0 aliphatic heterocycles. The number of hydrogen-bond donors (Lipinski definition) is 2. The molecular formula is C17H16FNO4S. The molecule has 0 radical (unpaired) electrons. The second-order valence-corrected chi connectivity index (χ2v) is 7.93. The third kappa shape index (κ3) is 2.32. The Hall–Kier alpha value is -2.25. The van der Waals surface area contributed by atoms with E-state index in [0.717, 1.165) is 0 Å². The number of carboxylic acids is 1. The lowest BCUT2D eigenvalue weighted by atomic mass is 9.99. The van der Waals surface area contributed by atoms with E-state index in [1.54, 1.807) is 18.2 Å². The van der Waals surface area contributed by atoms with Gasteiger partial charge in [-0.15, -0.1) is 0 Å². The largest absolute Gasteiger partial charge is 0.481 e. The molecule has 2 aromatic rings. The van der Waals surface area contributed by atoms with Crippen LogP contribution in [-0.2, 0) is 14.6 Å². The first kappa shape index (κ1) is 16.6. The molecule has 5 nitrogen and oxygen atoms in total. The Labute approximate surface area is 138 Å². The summed E-state index contributed by atoms with van der Waals surface area (Å²) in [5, 5.41) is 8.47. The van der Waals surface area contributed by atoms with Gasteiger partial charge in [0, 0.05) is 12.5 Å². The fourth-order valence-corrected chi connectivity index (χ4v) is 5.75. The molecule has 0 spiro atoms. The van der Waals surface area contributed by atoms with Crippen LogP contribution in [0.1, 0.15) is 11.5 Å². The van der Waals surface area contributed by atoms with Crippen LogP contribution in [0.3, 0.4) is 0 Å². The molecule has 3 N–H and O–H groups in total. The summed E-state index contributed by atoms with van der Waals surface area (Å²) in [5.41, 5.74) is 4.52. The van der Waals surface area contributed by atoms with E-state index in [9.17, 15) is 22.7 Å². The maximum atomic E-state index is 13.1. The van der Waals surface area contributed by atoms with E-state index < -0.39 is 38.2 Å². The van der Waals surface area contributed by atoms with Crippen molar-refractivity contribution in [2.75, 3.05) is 6.54 Å². The van der Waals surface area contributed by atoms with Crippen LogP contribution in [0.4, 0.5) is 4.39 Å². The predicted octanol–water partition coefficient (Wildman–Crippen LogP) is 1.80. The van der Waals surface area contributed by atoms with Gasteiger partial charge >= 0.3 is 5.97 Å². The van der Waals surface area contributed by atoms with Crippen molar-refractivity contribution in [3.8, 4) is 0 Å². The van der Waals surface area contributed by atoms with Crippen molar-refractivity contribution in [2.24, 2.45) is 11.1 Å². The maximum absolute atomic E-state index is 13.1. The highest BCUT2D eigenvalue weighted by Crippen LogP contribution is 2.63. The predicted molar refractivity (Wildman–Crippen MR) is 85.7 cm³/mol. The second-order valence-electron chi connectivity index (χ2n) is 5.86. The fraction of sp³-hybridized carbons (Fsp3) is 0.235. The number of aliphatic carboxylic acids is 1. The molecule has 0 amide bonds. The summed E-state index contributed by atoms with van der Waals surface area (Å²) in [4.78, 5) is 11.9. The third-order valence-electron chi connectivity index (χ3n) is 4.63. The zero-order valence-electron chi connectivity index (χ0n) is 12.6. The van der Waals surface area contributed by atoms with Gasteiger partial charge in [0.25, 0.3) is 0 Å². The molecule has 1 aliphatic carbocycles. The van der Waals surface area contributed by atoms with Crippen molar-refractivity contribution in [2.45, 2.75) is 16.1 Å². The zero-order chi connectivity index (χ0) is 17.5. The molecule has 1 saturated carbocycles. The Morgan fingerprint density at radius 2 is 1.71 bits per heavy atom. The summed E-state index contributed by atoms with van der Waals surface area (Å²) in [7, 11) is -3.89. The van der Waals surface area contributed by atoms with E-state index in [1.807, 2.05) is 0 Å². The normalized spacial score (nSPS) is 26.1. The van der Waals surface area contributed by atoms with Gasteiger partial charge in [-0.25, -0.2) is 12.8 Å². The first-order chi connectivity index (χ1) is 11.4. The van der Waals surface area contributed by atoms with Crippen molar-refractivity contribution in [1.29, 1.82) is 0 Å². The van der Waals surface area contributed by atoms with Crippen molar-refractivity contribution in [1.82, 2.24) is 0 Å². The molecule has 3 atom stereocenters. The van der Waals surface area contributed by atoms with E-state index >= 15 is 0 Å². The minimum Gasteiger partial charge on any atom is -0.481 e. The first-order valence-electron chi connectivity index (χ1n) is 7.33. The Bertz CT molecular complexity index is 867. The SMILES string of the molecule is NC[C@@]1(C(=O)O)[C@H](c2ccc(F)cc2)[C@@H]1S(=O)(=O)c1ccccc1. The lowest BCUT2D eigenvalue weighted by Gasteiger charge is -2.10. The van der Waals surface area contributed by atoms with Crippen LogP contribution in [0.5, 0.6) is 0 Å². The first-order valence-corrected chi connectivity index (χ1v) is 8.88. The Kier molecular flexibility index (Phi) is 3.93. The van der Waals surface area contributed by atoms with Gasteiger partial charge in [0.2, 0.25) is 0 Å². The van der Waals surface area contributed by atoms with Crippen LogP contribution in [0.2, 0.25) is 0 Å². The van der Waals surface area contributed by atoms with Gasteiger partial charge in [-0.3, -0.25) is 4.79 Å². The Morgan fingerprint density at radius 3 is 2.21 bits per heavy atom. The number of hydrogen-bond acceptors (Lipinski definition) is 4. The summed E-state index contributed by atoms with van der Waals surface area (Å²) in [6.45, 7) is -0.318. The number of carbonyl (C=O) groups is 1. The summed E-state index contributed by atoms with van der Waals surface area (Å²) in [5.74, 6) is -2.55. The molecule has 126 valence electrons. The van der Waals surface area contributed by atoms with Crippen LogP contribution in [-0.4, -0.2) is 31.3 Å². The summed E-state index contributed by atoms with van der Waals surface area (Å²) < 4.78 is 39.0. The average Bonchev–Trinajstić information content (AvgIpc) is 3.28. The molecule has 0 heterocycles. The molecule has 3 rings (SSSR count). The van der Waals surface area contributed by atoms with E-state index in [-0.39, 0.29) is 11.4 Å². The molecular weight excluding hydrogens is 333 g/mol. The molecule has 0 unspecified atom stereocenters. The number of benzene rings is 2. The number of carboxylic acid groups (broad SMARTS) is 1. The molecule has 1 fully saturated rings. The van der Waals surface area contributed by atoms with E-state index in [0.29, 0.717) is 5.56 Å². The minimum atomic E-state index is -3.89. The number of halogens is 1. The van der Waals surface area contributed by atoms with Crippen LogP contribution in [0.25, 0.3) is 0 Å². The van der Waals surface area contributed by atoms with Crippen LogP contribution in [0.15, 0.2) is 59.5 Å². The van der Waals surface area contributed by atoms with Crippen LogP contribution < -0.4 is 5.73 Å². The highest BCUT2D eigenvalue weighted by atomic mass is 32.2. The van der Waals surface area contributed by atoms with Gasteiger partial charge in [0.1, 0.15) is 11.2 Å². The Morgan fingerprint density at radius 1 is 1.12 bits per heavy atom. The van der Waals surface area contributed by atoms with Gasteiger partial charge < -0.3 is 10.8 Å². The van der Waals surface area contributed by atoms with Gasteiger partial charge in [0.15, 0.2) is 9.84 Å². The topological polar surface area (TPSA) is 97.5 Å². The molecule has 1 aliphatic rings. The molecule has 7 heteroatoms. The monoisotopic (exact) mass is 349 g/mol. The van der Waals surface area contributed by atoms with Crippen molar-refractivity contribution in [3.63, 3.8) is 0 Å². The van der Waals surface area contributed by atoms with Gasteiger partial charge in [-0.1, -0.05) is 30.3 Å². The lowest BCUT2D eigenvalue weighted by Crippen LogP contribution is -2.31.